The number of aliphatic imine (C=N–C) groups is 1. The van der Waals surface area contributed by atoms with Crippen LogP contribution in [0.2, 0.25) is 5.02 Å². The number of phenolic OH excluding ortho intramolecular Hbond substituents is 1. The molecule has 0 saturated carbocycles. The van der Waals surface area contributed by atoms with Crippen LogP contribution in [-0.2, 0) is 6.42 Å². The number of benzene rings is 4. The second-order valence-corrected chi connectivity index (χ2v) is 9.43. The predicted octanol–water partition coefficient (Wildman–Crippen LogP) is 8.71. The molecule has 4 nitrogen and oxygen atoms in total. The minimum atomic E-state index is 0.182. The Morgan fingerprint density at radius 3 is 2.58 bits per heavy atom. The standard InChI is InChI=1S/C31H27ClN2O2/c1-3-20(2)23-11-15-30-28(18-23)34-31(36-30)22-9-12-26(13-10-22)33-19-25-17-21(8-14-29(25)35)16-24-6-4-5-7-27(24)32/h4-15,17-20,35H,3,16H2,1-2H3/t20-/m1/s1. The second-order valence-electron chi connectivity index (χ2n) is 9.02. The highest BCUT2D eigenvalue weighted by molar-refractivity contribution is 6.31. The lowest BCUT2D eigenvalue weighted by Crippen LogP contribution is -1.92. The number of hydrogen-bond donors (Lipinski definition) is 1. The molecular formula is C31H27ClN2O2. The van der Waals surface area contributed by atoms with E-state index in [2.05, 4.69) is 31.0 Å². The number of oxazole rings is 1. The highest BCUT2D eigenvalue weighted by Gasteiger charge is 2.11. The van der Waals surface area contributed by atoms with Crippen molar-refractivity contribution in [1.82, 2.24) is 4.98 Å². The Morgan fingerprint density at radius 1 is 1.00 bits per heavy atom. The van der Waals surface area contributed by atoms with Gasteiger partial charge in [0.1, 0.15) is 11.3 Å². The largest absolute Gasteiger partial charge is 0.507 e. The molecule has 0 radical (unpaired) electrons. The van der Waals surface area contributed by atoms with E-state index in [1.54, 1.807) is 12.3 Å². The first kappa shape index (κ1) is 23.8. The number of hydrogen-bond acceptors (Lipinski definition) is 4. The van der Waals surface area contributed by atoms with Gasteiger partial charge in [-0.3, -0.25) is 4.99 Å². The van der Waals surface area contributed by atoms with Crippen LogP contribution in [0.4, 0.5) is 5.69 Å². The van der Waals surface area contributed by atoms with Gasteiger partial charge in [0.2, 0.25) is 5.89 Å². The Kier molecular flexibility index (Phi) is 6.88. The Hall–Kier alpha value is -3.89. The van der Waals surface area contributed by atoms with Crippen molar-refractivity contribution in [3.05, 3.63) is 112 Å². The molecule has 5 rings (SSSR count). The Bertz CT molecular complexity index is 1540. The van der Waals surface area contributed by atoms with E-state index in [4.69, 9.17) is 21.0 Å². The fourth-order valence-corrected chi connectivity index (χ4v) is 4.33. The van der Waals surface area contributed by atoms with E-state index < -0.39 is 0 Å². The van der Waals surface area contributed by atoms with E-state index in [0.717, 1.165) is 44.9 Å². The molecule has 0 aliphatic rings. The van der Waals surface area contributed by atoms with Crippen LogP contribution >= 0.6 is 11.6 Å². The molecule has 5 aromatic rings. The third-order valence-electron chi connectivity index (χ3n) is 6.50. The molecule has 1 aromatic heterocycles. The smallest absolute Gasteiger partial charge is 0.227 e. The van der Waals surface area contributed by atoms with Crippen LogP contribution in [0.3, 0.4) is 0 Å². The highest BCUT2D eigenvalue weighted by atomic mass is 35.5. The molecule has 180 valence electrons. The maximum atomic E-state index is 10.3. The molecule has 0 aliphatic heterocycles. The lowest BCUT2D eigenvalue weighted by molar-refractivity contribution is 0.474. The predicted molar refractivity (Wildman–Crippen MR) is 148 cm³/mol. The van der Waals surface area contributed by atoms with Gasteiger partial charge in [-0.1, -0.05) is 55.8 Å². The van der Waals surface area contributed by atoms with Gasteiger partial charge in [0.15, 0.2) is 5.58 Å². The van der Waals surface area contributed by atoms with E-state index in [1.165, 1.54) is 5.56 Å². The van der Waals surface area contributed by atoms with Gasteiger partial charge in [0, 0.05) is 22.4 Å². The van der Waals surface area contributed by atoms with Crippen LogP contribution in [0.15, 0.2) is 94.3 Å². The molecule has 0 saturated heterocycles. The summed E-state index contributed by atoms with van der Waals surface area (Å²) in [6.07, 6.45) is 3.44. The molecule has 0 unspecified atom stereocenters. The van der Waals surface area contributed by atoms with Crippen LogP contribution in [0.5, 0.6) is 5.75 Å². The third-order valence-corrected chi connectivity index (χ3v) is 6.87. The van der Waals surface area contributed by atoms with Crippen molar-refractivity contribution in [3.8, 4) is 17.2 Å². The average Bonchev–Trinajstić information content (AvgIpc) is 3.33. The van der Waals surface area contributed by atoms with Crippen LogP contribution in [-0.4, -0.2) is 16.3 Å². The summed E-state index contributed by atoms with van der Waals surface area (Å²) in [5.74, 6) is 1.26. The van der Waals surface area contributed by atoms with E-state index >= 15 is 0 Å². The Labute approximate surface area is 215 Å². The lowest BCUT2D eigenvalue weighted by atomic mass is 9.98. The zero-order valence-corrected chi connectivity index (χ0v) is 21.0. The molecule has 1 heterocycles. The number of rotatable bonds is 7. The molecule has 0 bridgehead atoms. The quantitative estimate of drug-likeness (QED) is 0.230. The minimum absolute atomic E-state index is 0.182. The van der Waals surface area contributed by atoms with Crippen LogP contribution in [0.25, 0.3) is 22.6 Å². The molecule has 1 N–H and O–H groups in total. The number of aromatic hydroxyl groups is 1. The zero-order chi connectivity index (χ0) is 25.1. The number of aromatic nitrogens is 1. The maximum Gasteiger partial charge on any atom is 0.227 e. The van der Waals surface area contributed by atoms with E-state index in [0.29, 0.717) is 23.8 Å². The first-order valence-electron chi connectivity index (χ1n) is 12.1. The van der Waals surface area contributed by atoms with Crippen LogP contribution in [0.1, 0.15) is 48.4 Å². The van der Waals surface area contributed by atoms with Gasteiger partial charge in [-0.2, -0.15) is 0 Å². The van der Waals surface area contributed by atoms with Crippen LogP contribution < -0.4 is 0 Å². The minimum Gasteiger partial charge on any atom is -0.507 e. The van der Waals surface area contributed by atoms with Crippen molar-refractivity contribution >= 4 is 34.6 Å². The van der Waals surface area contributed by atoms with E-state index in [-0.39, 0.29) is 5.75 Å². The normalized spacial score (nSPS) is 12.4. The summed E-state index contributed by atoms with van der Waals surface area (Å²) in [7, 11) is 0. The fraction of sp³-hybridized carbons (Fsp3) is 0.161. The molecule has 1 atom stereocenters. The number of halogens is 1. The number of phenols is 1. The number of nitrogens with zero attached hydrogens (tertiary/aromatic N) is 2. The summed E-state index contributed by atoms with van der Waals surface area (Å²) in [5.41, 5.74) is 7.32. The van der Waals surface area contributed by atoms with E-state index in [1.807, 2.05) is 66.7 Å². The van der Waals surface area contributed by atoms with Crippen molar-refractivity contribution in [2.24, 2.45) is 4.99 Å². The van der Waals surface area contributed by atoms with E-state index in [9.17, 15) is 5.11 Å². The molecule has 0 aliphatic carbocycles. The van der Waals surface area contributed by atoms with Gasteiger partial charge in [-0.25, -0.2) is 4.98 Å². The summed E-state index contributed by atoms with van der Waals surface area (Å²) in [6.45, 7) is 4.41. The van der Waals surface area contributed by atoms with Crippen molar-refractivity contribution in [2.75, 3.05) is 0 Å². The summed E-state index contributed by atoms with van der Waals surface area (Å²) in [4.78, 5) is 9.26. The second kappa shape index (κ2) is 10.4. The zero-order valence-electron chi connectivity index (χ0n) is 20.3. The molecule has 5 heteroatoms. The molecule has 4 aromatic carbocycles. The van der Waals surface area contributed by atoms with Gasteiger partial charge in [0.25, 0.3) is 0 Å². The van der Waals surface area contributed by atoms with Gasteiger partial charge in [-0.15, -0.1) is 0 Å². The maximum absolute atomic E-state index is 10.3. The summed E-state index contributed by atoms with van der Waals surface area (Å²) < 4.78 is 5.99. The average molecular weight is 495 g/mol. The summed E-state index contributed by atoms with van der Waals surface area (Å²) >= 11 is 6.30. The van der Waals surface area contributed by atoms with Crippen molar-refractivity contribution in [1.29, 1.82) is 0 Å². The molecule has 0 amide bonds. The molecular weight excluding hydrogens is 468 g/mol. The van der Waals surface area contributed by atoms with Gasteiger partial charge in [0.05, 0.1) is 5.69 Å². The molecule has 0 spiro atoms. The van der Waals surface area contributed by atoms with Crippen molar-refractivity contribution in [2.45, 2.75) is 32.6 Å². The fourth-order valence-electron chi connectivity index (χ4n) is 4.12. The topological polar surface area (TPSA) is 58.6 Å². The summed E-state index contributed by atoms with van der Waals surface area (Å²) in [5, 5.41) is 11.1. The Morgan fingerprint density at radius 2 is 1.81 bits per heavy atom. The highest BCUT2D eigenvalue weighted by Crippen LogP contribution is 2.29. The molecule has 0 fully saturated rings. The third kappa shape index (κ3) is 5.19. The van der Waals surface area contributed by atoms with Gasteiger partial charge in [-0.05, 0) is 90.0 Å². The lowest BCUT2D eigenvalue weighted by Gasteiger charge is -2.07. The molecule has 36 heavy (non-hydrogen) atoms. The van der Waals surface area contributed by atoms with Gasteiger partial charge < -0.3 is 9.52 Å². The Balaban J connectivity index is 1.33. The monoisotopic (exact) mass is 494 g/mol. The van der Waals surface area contributed by atoms with Crippen molar-refractivity contribution in [3.63, 3.8) is 0 Å². The first-order chi connectivity index (χ1) is 17.5. The summed E-state index contributed by atoms with van der Waals surface area (Å²) in [6, 6.07) is 27.2. The van der Waals surface area contributed by atoms with Crippen molar-refractivity contribution < 1.29 is 9.52 Å². The van der Waals surface area contributed by atoms with Gasteiger partial charge >= 0.3 is 0 Å². The first-order valence-corrected chi connectivity index (χ1v) is 12.5. The SMILES string of the molecule is CC[C@@H](C)c1ccc2oc(-c3ccc(N=Cc4cc(Cc5ccccc5Cl)ccc4O)cc3)nc2c1. The van der Waals surface area contributed by atoms with Crippen LogP contribution in [0, 0.1) is 0 Å². The number of fused-ring (bicyclic) bond motifs is 1.